The smallest absolute Gasteiger partial charge is 0.208 e. The maximum atomic E-state index is 11.3. The molecule has 3 aliphatic rings. The molecule has 11 rings (SSSR count). The Kier molecular flexibility index (Phi) is 8.64. The van der Waals surface area contributed by atoms with Gasteiger partial charge in [-0.3, -0.25) is 4.90 Å². The van der Waals surface area contributed by atoms with E-state index in [1.54, 1.807) is 12.1 Å². The van der Waals surface area contributed by atoms with Crippen LogP contribution in [0.5, 0.6) is 57.5 Å². The van der Waals surface area contributed by atoms with Crippen LogP contribution in [0.25, 0.3) is 60.5 Å². The number of aromatic hydroxyl groups is 10. The second-order valence-electron chi connectivity index (χ2n) is 18.7. The summed E-state index contributed by atoms with van der Waals surface area (Å²) in [4.78, 5) is 0.780. The van der Waals surface area contributed by atoms with Gasteiger partial charge in [-0.05, 0) is 138 Å². The lowest BCUT2D eigenvalue weighted by Crippen LogP contribution is -2.17. The molecule has 8 aromatic rings. The van der Waals surface area contributed by atoms with E-state index in [1.807, 2.05) is 32.0 Å². The Balaban J connectivity index is 1.22. The van der Waals surface area contributed by atoms with Gasteiger partial charge in [0.2, 0.25) is 34.5 Å². The fraction of sp³-hybridized carbons (Fsp3) is 0.143. The number of phenols is 10. The maximum Gasteiger partial charge on any atom is 0.208 e. The Hall–Kier alpha value is -8.44. The van der Waals surface area contributed by atoms with Crippen molar-refractivity contribution in [3.05, 3.63) is 143 Å². The summed E-state index contributed by atoms with van der Waals surface area (Å²) in [5, 5.41) is 113. The van der Waals surface area contributed by atoms with Gasteiger partial charge in [-0.2, -0.15) is 0 Å². The third-order valence-electron chi connectivity index (χ3n) is 14.3. The summed E-state index contributed by atoms with van der Waals surface area (Å²) in [6.07, 6.45) is 8.56. The van der Waals surface area contributed by atoms with Crippen molar-refractivity contribution in [2.75, 3.05) is 4.90 Å². The van der Waals surface area contributed by atoms with Crippen LogP contribution in [0.3, 0.4) is 0 Å². The van der Waals surface area contributed by atoms with E-state index in [4.69, 9.17) is 0 Å². The normalized spacial score (nSPS) is 15.0. The Morgan fingerprint density at radius 2 is 0.851 bits per heavy atom. The predicted molar refractivity (Wildman–Crippen MR) is 260 cm³/mol. The van der Waals surface area contributed by atoms with Crippen LogP contribution >= 0.6 is 0 Å². The van der Waals surface area contributed by atoms with E-state index in [0.29, 0.717) is 5.56 Å². The zero-order valence-corrected chi connectivity index (χ0v) is 36.8. The summed E-state index contributed by atoms with van der Waals surface area (Å²) < 4.78 is 0. The number of phenolic OH excluding ortho intramolecular Hbond substituents is 10. The second kappa shape index (κ2) is 14.0. The molecule has 11 heteroatoms. The highest BCUT2D eigenvalue weighted by Crippen LogP contribution is 2.64. The molecule has 0 atom stereocenters. The van der Waals surface area contributed by atoms with Crippen LogP contribution in [-0.4, -0.2) is 51.1 Å². The summed E-state index contributed by atoms with van der Waals surface area (Å²) in [5.74, 6) is -12.4. The van der Waals surface area contributed by atoms with Crippen molar-refractivity contribution in [1.29, 1.82) is 0 Å². The lowest BCUT2D eigenvalue weighted by atomic mass is 9.77. The molecule has 8 aromatic carbocycles. The third-order valence-corrected chi connectivity index (χ3v) is 14.3. The largest absolute Gasteiger partial charge is 0.503 e. The number of allylic oxidation sites excluding steroid dienone is 4. The first-order valence-electron chi connectivity index (χ1n) is 21.9. The quantitative estimate of drug-likeness (QED) is 0.0447. The zero-order valence-electron chi connectivity index (χ0n) is 36.8. The monoisotopic (exact) mass is 891 g/mol. The van der Waals surface area contributed by atoms with E-state index in [9.17, 15) is 51.1 Å². The van der Waals surface area contributed by atoms with Gasteiger partial charge in [-0.1, -0.05) is 107 Å². The Morgan fingerprint density at radius 3 is 1.37 bits per heavy atom. The molecule has 67 heavy (non-hydrogen) atoms. The molecule has 0 spiro atoms. The Bertz CT molecular complexity index is 3460. The number of benzene rings is 8. The first kappa shape index (κ1) is 41.3. The van der Waals surface area contributed by atoms with E-state index in [2.05, 4.69) is 92.7 Å². The summed E-state index contributed by atoms with van der Waals surface area (Å²) in [5.41, 5.74) is 9.95. The number of hydrogen-bond acceptors (Lipinski definition) is 11. The summed E-state index contributed by atoms with van der Waals surface area (Å²) in [7, 11) is 0. The lowest BCUT2D eigenvalue weighted by molar-refractivity contribution is 0.327. The van der Waals surface area contributed by atoms with Crippen molar-refractivity contribution in [3.8, 4) is 90.9 Å². The van der Waals surface area contributed by atoms with Gasteiger partial charge in [0.15, 0.2) is 23.0 Å². The van der Waals surface area contributed by atoms with Gasteiger partial charge in [0.1, 0.15) is 11.4 Å². The van der Waals surface area contributed by atoms with Gasteiger partial charge in [-0.15, -0.1) is 0 Å². The minimum Gasteiger partial charge on any atom is -0.503 e. The molecule has 0 heterocycles. The van der Waals surface area contributed by atoms with Gasteiger partial charge < -0.3 is 51.1 Å². The molecule has 334 valence electrons. The number of anilines is 3. The number of fused-ring (bicyclic) bond motifs is 8. The van der Waals surface area contributed by atoms with E-state index >= 15 is 0 Å². The van der Waals surface area contributed by atoms with E-state index < -0.39 is 74.3 Å². The summed E-state index contributed by atoms with van der Waals surface area (Å²) >= 11 is 0. The predicted octanol–water partition coefficient (Wildman–Crippen LogP) is 12.5. The van der Waals surface area contributed by atoms with E-state index in [-0.39, 0.29) is 11.1 Å². The third kappa shape index (κ3) is 5.51. The van der Waals surface area contributed by atoms with Crippen molar-refractivity contribution >= 4 is 44.2 Å². The first-order valence-corrected chi connectivity index (χ1v) is 21.9. The van der Waals surface area contributed by atoms with Crippen molar-refractivity contribution in [2.24, 2.45) is 0 Å². The molecule has 0 aromatic heterocycles. The molecule has 0 saturated heterocycles. The van der Waals surface area contributed by atoms with Crippen molar-refractivity contribution in [1.82, 2.24) is 0 Å². The standard InChI is InChI=1S/C56H45NO10/c1-55(2)37-18-12-11-17-29(37)31-22-33-35(24-39(31)55)42(27-15-9-6-10-16-27)36-25-40-32(23-34(36)41(33)26-13-7-5-8-14-26)30-20-19-28(21-38(30)56(40,3)4)57(43-45(58)49(62)53(66)50(63)46(43)59)44-47(60)51(64)54(67)52(65)48(44)61/h6-7,9-25,58-67H,5,8H2,1-4H3. The molecule has 10 N–H and O–H groups in total. The van der Waals surface area contributed by atoms with Crippen LogP contribution in [0.1, 0.15) is 68.4 Å². The van der Waals surface area contributed by atoms with Gasteiger partial charge in [0.05, 0.1) is 0 Å². The average molecular weight is 892 g/mol. The summed E-state index contributed by atoms with van der Waals surface area (Å²) in [6, 6.07) is 33.3. The highest BCUT2D eigenvalue weighted by molar-refractivity contribution is 6.22. The minimum absolute atomic E-state index is 0.0272. The molecule has 0 radical (unpaired) electrons. The average Bonchev–Trinajstić information content (AvgIpc) is 3.69. The van der Waals surface area contributed by atoms with Crippen LogP contribution in [-0.2, 0) is 10.8 Å². The summed E-state index contributed by atoms with van der Waals surface area (Å²) in [6.45, 7) is 8.66. The van der Waals surface area contributed by atoms with Crippen molar-refractivity contribution < 1.29 is 51.1 Å². The number of nitrogens with zero attached hydrogens (tertiary/aromatic N) is 1. The highest BCUT2D eigenvalue weighted by Gasteiger charge is 2.41. The topological polar surface area (TPSA) is 206 Å². The van der Waals surface area contributed by atoms with Crippen LogP contribution < -0.4 is 4.90 Å². The molecule has 0 aliphatic heterocycles. The fourth-order valence-electron chi connectivity index (χ4n) is 10.9. The van der Waals surface area contributed by atoms with Gasteiger partial charge in [-0.25, -0.2) is 0 Å². The molecule has 0 saturated carbocycles. The maximum absolute atomic E-state index is 11.3. The number of hydrogen-bond donors (Lipinski definition) is 10. The van der Waals surface area contributed by atoms with Gasteiger partial charge >= 0.3 is 0 Å². The fourth-order valence-corrected chi connectivity index (χ4v) is 10.9. The van der Waals surface area contributed by atoms with E-state index in [1.165, 1.54) is 28.3 Å². The second-order valence-corrected chi connectivity index (χ2v) is 18.7. The van der Waals surface area contributed by atoms with Crippen LogP contribution in [0, 0.1) is 0 Å². The van der Waals surface area contributed by atoms with Crippen LogP contribution in [0.2, 0.25) is 0 Å². The Labute approximate surface area is 384 Å². The van der Waals surface area contributed by atoms with Crippen molar-refractivity contribution in [3.63, 3.8) is 0 Å². The first-order chi connectivity index (χ1) is 31.9. The molecule has 0 unspecified atom stereocenters. The zero-order chi connectivity index (χ0) is 47.2. The van der Waals surface area contributed by atoms with Crippen LogP contribution in [0.4, 0.5) is 17.1 Å². The van der Waals surface area contributed by atoms with E-state index in [0.717, 1.165) is 78.2 Å². The highest BCUT2D eigenvalue weighted by atomic mass is 16.4. The molecule has 0 fully saturated rings. The molecule has 3 aliphatic carbocycles. The van der Waals surface area contributed by atoms with Crippen molar-refractivity contribution in [2.45, 2.75) is 51.4 Å². The molecular formula is C56H45NO10. The molecule has 0 bridgehead atoms. The molecule has 11 nitrogen and oxygen atoms in total. The lowest BCUT2D eigenvalue weighted by Gasteiger charge is -2.30. The van der Waals surface area contributed by atoms with Crippen LogP contribution in [0.15, 0.2) is 115 Å². The van der Waals surface area contributed by atoms with Gasteiger partial charge in [0.25, 0.3) is 0 Å². The molecule has 0 amide bonds. The number of rotatable bonds is 5. The Morgan fingerprint density at radius 1 is 0.403 bits per heavy atom. The molecular weight excluding hydrogens is 847 g/mol. The van der Waals surface area contributed by atoms with Gasteiger partial charge in [0, 0.05) is 16.5 Å². The minimum atomic E-state index is -1.26. The SMILES string of the molecule is CC1(C)c2ccccc2-c2cc3c(C4=CCCC=C4)c4cc5c(cc4c(-c4ccccc4)c3cc21)C(C)(C)c1cc(N(c2c(O)c(O)c(O)c(O)c2O)c2c(O)c(O)c(O)c(O)c2O)ccc1-5.